The molecule has 0 aromatic heterocycles. The van der Waals surface area contributed by atoms with Crippen molar-refractivity contribution in [3.63, 3.8) is 0 Å². The zero-order valence-corrected chi connectivity index (χ0v) is 15.7. The lowest BCUT2D eigenvalue weighted by atomic mass is 10.1. The number of hydrogen-bond acceptors (Lipinski definition) is 4. The van der Waals surface area contributed by atoms with Crippen molar-refractivity contribution in [1.29, 1.82) is 0 Å². The quantitative estimate of drug-likeness (QED) is 0.569. The van der Waals surface area contributed by atoms with Crippen molar-refractivity contribution in [3.05, 3.63) is 72.3 Å². The molecule has 3 rings (SSSR count). The lowest BCUT2D eigenvalue weighted by molar-refractivity contribution is -0.136. The van der Waals surface area contributed by atoms with E-state index in [1.807, 2.05) is 30.3 Å². The molecular weight excluding hydrogens is 378 g/mol. The van der Waals surface area contributed by atoms with Gasteiger partial charge >= 0.3 is 11.8 Å². The van der Waals surface area contributed by atoms with E-state index < -0.39 is 21.8 Å². The van der Waals surface area contributed by atoms with Crippen molar-refractivity contribution >= 4 is 38.3 Å². The van der Waals surface area contributed by atoms with Gasteiger partial charge < -0.3 is 10.6 Å². The van der Waals surface area contributed by atoms with Crippen molar-refractivity contribution in [2.75, 3.05) is 11.9 Å². The standard InChI is InChI=1S/C20H19N3O4S/c21-28(26,27)16-10-8-14(9-11-16)12-13-22-19(24)20(25)23-18-7-3-5-15-4-1-2-6-17(15)18/h1-11H,12-13H2,(H,22,24)(H,23,25)(H2,21,26,27). The first-order valence-corrected chi connectivity index (χ1v) is 10.1. The van der Waals surface area contributed by atoms with Crippen LogP contribution in [0.1, 0.15) is 5.56 Å². The zero-order valence-electron chi connectivity index (χ0n) is 14.9. The minimum absolute atomic E-state index is 0.0229. The molecule has 0 fully saturated rings. The minimum atomic E-state index is -3.73. The highest BCUT2D eigenvalue weighted by Crippen LogP contribution is 2.22. The Balaban J connectivity index is 1.55. The number of hydrogen-bond donors (Lipinski definition) is 3. The van der Waals surface area contributed by atoms with E-state index in [0.29, 0.717) is 12.1 Å². The number of anilines is 1. The Bertz CT molecular complexity index is 1120. The molecule has 0 aliphatic heterocycles. The number of fused-ring (bicyclic) bond motifs is 1. The summed E-state index contributed by atoms with van der Waals surface area (Å²) in [4.78, 5) is 24.2. The Kier molecular flexibility index (Phi) is 5.72. The minimum Gasteiger partial charge on any atom is -0.347 e. The fourth-order valence-electron chi connectivity index (χ4n) is 2.76. The molecule has 0 radical (unpaired) electrons. The summed E-state index contributed by atoms with van der Waals surface area (Å²) < 4.78 is 22.5. The van der Waals surface area contributed by atoms with Crippen molar-refractivity contribution in [2.45, 2.75) is 11.3 Å². The van der Waals surface area contributed by atoms with Gasteiger partial charge in [-0.2, -0.15) is 0 Å². The van der Waals surface area contributed by atoms with Gasteiger partial charge in [0, 0.05) is 17.6 Å². The molecule has 144 valence electrons. The van der Waals surface area contributed by atoms with Crippen LogP contribution in [0.2, 0.25) is 0 Å². The van der Waals surface area contributed by atoms with Crippen LogP contribution in [0.25, 0.3) is 10.8 Å². The lowest BCUT2D eigenvalue weighted by Gasteiger charge is -2.09. The number of amides is 2. The molecule has 0 aliphatic carbocycles. The highest BCUT2D eigenvalue weighted by molar-refractivity contribution is 7.89. The number of sulfonamides is 1. The maximum Gasteiger partial charge on any atom is 0.313 e. The second kappa shape index (κ2) is 8.20. The molecule has 3 aromatic rings. The number of nitrogens with one attached hydrogen (secondary N) is 2. The maximum atomic E-state index is 12.1. The van der Waals surface area contributed by atoms with Gasteiger partial charge in [-0.3, -0.25) is 9.59 Å². The molecule has 7 nitrogen and oxygen atoms in total. The molecule has 8 heteroatoms. The van der Waals surface area contributed by atoms with Crippen LogP contribution in [0.3, 0.4) is 0 Å². The predicted molar refractivity (Wildman–Crippen MR) is 107 cm³/mol. The molecule has 0 bridgehead atoms. The lowest BCUT2D eigenvalue weighted by Crippen LogP contribution is -2.36. The van der Waals surface area contributed by atoms with Crippen molar-refractivity contribution < 1.29 is 18.0 Å². The van der Waals surface area contributed by atoms with Gasteiger partial charge in [0.15, 0.2) is 0 Å². The Hall–Kier alpha value is -3.23. The van der Waals surface area contributed by atoms with Gasteiger partial charge in [-0.05, 0) is 35.6 Å². The van der Waals surface area contributed by atoms with Crippen molar-refractivity contribution in [1.82, 2.24) is 5.32 Å². The summed E-state index contributed by atoms with van der Waals surface area (Å²) in [6.07, 6.45) is 0.443. The van der Waals surface area contributed by atoms with Crippen LogP contribution < -0.4 is 15.8 Å². The summed E-state index contributed by atoms with van der Waals surface area (Å²) in [6.45, 7) is 0.233. The monoisotopic (exact) mass is 397 g/mol. The van der Waals surface area contributed by atoms with Crippen LogP contribution in [0.5, 0.6) is 0 Å². The van der Waals surface area contributed by atoms with Crippen molar-refractivity contribution in [3.8, 4) is 0 Å². The van der Waals surface area contributed by atoms with E-state index in [-0.39, 0.29) is 11.4 Å². The molecule has 3 aromatic carbocycles. The fourth-order valence-corrected chi connectivity index (χ4v) is 3.28. The predicted octanol–water partition coefficient (Wildman–Crippen LogP) is 1.78. The number of carbonyl (C=O) groups excluding carboxylic acids is 2. The number of rotatable bonds is 5. The number of benzene rings is 3. The van der Waals surface area contributed by atoms with Crippen LogP contribution in [-0.2, 0) is 26.0 Å². The van der Waals surface area contributed by atoms with E-state index in [4.69, 9.17) is 5.14 Å². The average molecular weight is 397 g/mol. The number of primary sulfonamides is 1. The summed E-state index contributed by atoms with van der Waals surface area (Å²) in [5, 5.41) is 12.0. The highest BCUT2D eigenvalue weighted by atomic mass is 32.2. The third-order valence-electron chi connectivity index (χ3n) is 4.20. The largest absolute Gasteiger partial charge is 0.347 e. The molecule has 28 heavy (non-hydrogen) atoms. The third-order valence-corrected chi connectivity index (χ3v) is 5.12. The second-order valence-corrected chi connectivity index (χ2v) is 7.74. The molecule has 0 aliphatic rings. The van der Waals surface area contributed by atoms with Gasteiger partial charge in [0.05, 0.1) is 4.90 Å². The molecule has 0 atom stereocenters. The second-order valence-electron chi connectivity index (χ2n) is 6.18. The smallest absolute Gasteiger partial charge is 0.313 e. The summed E-state index contributed by atoms with van der Waals surface area (Å²) in [5.41, 5.74) is 1.37. The molecule has 0 saturated carbocycles. The number of carbonyl (C=O) groups is 2. The first-order chi connectivity index (χ1) is 13.3. The third kappa shape index (κ3) is 4.73. The summed E-state index contributed by atoms with van der Waals surface area (Å²) in [7, 11) is -3.73. The van der Waals surface area contributed by atoms with Gasteiger partial charge in [0.2, 0.25) is 10.0 Å². The van der Waals surface area contributed by atoms with E-state index in [1.54, 1.807) is 24.3 Å². The molecular formula is C20H19N3O4S. The first-order valence-electron chi connectivity index (χ1n) is 8.53. The molecule has 0 heterocycles. The first kappa shape index (κ1) is 19.5. The van der Waals surface area contributed by atoms with E-state index in [0.717, 1.165) is 16.3 Å². The van der Waals surface area contributed by atoms with Gasteiger partial charge in [-0.1, -0.05) is 48.5 Å². The number of nitrogens with two attached hydrogens (primary N) is 1. The van der Waals surface area contributed by atoms with Gasteiger partial charge in [-0.25, -0.2) is 13.6 Å². The molecule has 4 N–H and O–H groups in total. The Morgan fingerprint density at radius 2 is 1.54 bits per heavy atom. The maximum absolute atomic E-state index is 12.1. The summed E-state index contributed by atoms with van der Waals surface area (Å²) in [6, 6.07) is 19.0. The molecule has 0 unspecified atom stereocenters. The van der Waals surface area contributed by atoms with E-state index >= 15 is 0 Å². The van der Waals surface area contributed by atoms with E-state index in [1.165, 1.54) is 12.1 Å². The van der Waals surface area contributed by atoms with Crippen LogP contribution >= 0.6 is 0 Å². The van der Waals surface area contributed by atoms with Crippen LogP contribution in [-0.4, -0.2) is 26.8 Å². The fraction of sp³-hybridized carbons (Fsp3) is 0.100. The Labute approximate surface area is 162 Å². The van der Waals surface area contributed by atoms with Crippen LogP contribution in [0.15, 0.2) is 71.6 Å². The van der Waals surface area contributed by atoms with Gasteiger partial charge in [-0.15, -0.1) is 0 Å². The normalized spacial score (nSPS) is 11.2. The van der Waals surface area contributed by atoms with Crippen molar-refractivity contribution in [2.24, 2.45) is 5.14 Å². The molecule has 0 spiro atoms. The summed E-state index contributed by atoms with van der Waals surface area (Å²) in [5.74, 6) is -1.49. The Morgan fingerprint density at radius 1 is 0.857 bits per heavy atom. The SMILES string of the molecule is NS(=O)(=O)c1ccc(CCNC(=O)C(=O)Nc2cccc3ccccc23)cc1. The Morgan fingerprint density at radius 3 is 2.25 bits per heavy atom. The van der Waals surface area contributed by atoms with Crippen LogP contribution in [0, 0.1) is 0 Å². The summed E-state index contributed by atoms with van der Waals surface area (Å²) >= 11 is 0. The van der Waals surface area contributed by atoms with Crippen LogP contribution in [0.4, 0.5) is 5.69 Å². The highest BCUT2D eigenvalue weighted by Gasteiger charge is 2.14. The topological polar surface area (TPSA) is 118 Å². The molecule has 0 saturated heterocycles. The van der Waals surface area contributed by atoms with E-state index in [2.05, 4.69) is 10.6 Å². The van der Waals surface area contributed by atoms with Gasteiger partial charge in [0.1, 0.15) is 0 Å². The van der Waals surface area contributed by atoms with E-state index in [9.17, 15) is 18.0 Å². The molecule has 2 amide bonds. The van der Waals surface area contributed by atoms with Gasteiger partial charge in [0.25, 0.3) is 0 Å². The zero-order chi connectivity index (χ0) is 20.1. The average Bonchev–Trinajstić information content (AvgIpc) is 2.68.